The molecule has 0 bridgehead atoms. The summed E-state index contributed by atoms with van der Waals surface area (Å²) in [4.78, 5) is 26.4. The Morgan fingerprint density at radius 3 is 2.39 bits per heavy atom. The van der Waals surface area contributed by atoms with Crippen LogP contribution in [0.5, 0.6) is 0 Å². The number of benzene rings is 2. The van der Waals surface area contributed by atoms with Crippen LogP contribution in [0.3, 0.4) is 0 Å². The maximum Gasteiger partial charge on any atom is 0.269 e. The highest BCUT2D eigenvalue weighted by atomic mass is 19.3. The van der Waals surface area contributed by atoms with Gasteiger partial charge < -0.3 is 15.2 Å². The molecule has 0 aromatic heterocycles. The molecule has 1 fully saturated rings. The standard InChI is InChI=1S/C25H26F3N3O5/c1-25(34,24(27)28)21(23(33)30-35)29-22(32)19-9-8-18(20(26)14-19)7-6-16-2-4-17(5-3-16)15-31-10-12-36-13-11-31/h2-5,8-9,14,21,24,34-35H,10-13,15H2,1H3,(H,29,32)(H,30,33)/t21-,25?/m1/s1. The number of amides is 2. The van der Waals surface area contributed by atoms with E-state index < -0.39 is 35.7 Å². The zero-order valence-electron chi connectivity index (χ0n) is 19.4. The molecule has 0 saturated carbocycles. The number of hydrogen-bond acceptors (Lipinski definition) is 6. The summed E-state index contributed by atoms with van der Waals surface area (Å²) in [6, 6.07) is 8.58. The molecule has 0 aliphatic carbocycles. The third-order valence-electron chi connectivity index (χ3n) is 5.71. The van der Waals surface area contributed by atoms with E-state index in [0.717, 1.165) is 36.7 Å². The van der Waals surface area contributed by atoms with Crippen molar-refractivity contribution in [3.05, 3.63) is 70.5 Å². The van der Waals surface area contributed by atoms with Crippen LogP contribution < -0.4 is 10.8 Å². The number of morpholine rings is 1. The summed E-state index contributed by atoms with van der Waals surface area (Å²) in [7, 11) is 0. The van der Waals surface area contributed by atoms with Crippen molar-refractivity contribution < 1.29 is 37.8 Å². The van der Waals surface area contributed by atoms with Crippen LogP contribution in [0, 0.1) is 17.7 Å². The molecule has 1 unspecified atom stereocenters. The van der Waals surface area contributed by atoms with E-state index in [-0.39, 0.29) is 11.1 Å². The fraction of sp³-hybridized carbons (Fsp3) is 0.360. The number of hydroxylamine groups is 1. The number of nitrogens with one attached hydrogen (secondary N) is 2. The second-order valence-electron chi connectivity index (χ2n) is 8.44. The van der Waals surface area contributed by atoms with E-state index in [9.17, 15) is 27.9 Å². The Morgan fingerprint density at radius 2 is 1.81 bits per heavy atom. The minimum atomic E-state index is -3.43. The molecule has 8 nitrogen and oxygen atoms in total. The lowest BCUT2D eigenvalue weighted by molar-refractivity contribution is -0.149. The molecule has 1 heterocycles. The van der Waals surface area contributed by atoms with Crippen LogP contribution in [-0.4, -0.2) is 71.4 Å². The highest BCUT2D eigenvalue weighted by Gasteiger charge is 2.46. The number of aliphatic hydroxyl groups is 1. The van der Waals surface area contributed by atoms with E-state index >= 15 is 0 Å². The van der Waals surface area contributed by atoms with Crippen molar-refractivity contribution in [2.24, 2.45) is 0 Å². The number of carbonyl (C=O) groups excluding carboxylic acids is 2. The van der Waals surface area contributed by atoms with Crippen molar-refractivity contribution in [3.63, 3.8) is 0 Å². The number of halogens is 3. The lowest BCUT2D eigenvalue weighted by Crippen LogP contribution is -2.61. The summed E-state index contributed by atoms with van der Waals surface area (Å²) < 4.78 is 46.2. The molecule has 2 amide bonds. The van der Waals surface area contributed by atoms with Gasteiger partial charge in [-0.15, -0.1) is 0 Å². The van der Waals surface area contributed by atoms with Gasteiger partial charge in [-0.25, -0.2) is 18.7 Å². The topological polar surface area (TPSA) is 111 Å². The average molecular weight is 505 g/mol. The molecule has 11 heteroatoms. The predicted octanol–water partition coefficient (Wildman–Crippen LogP) is 1.68. The van der Waals surface area contributed by atoms with E-state index in [1.54, 1.807) is 0 Å². The van der Waals surface area contributed by atoms with Crippen LogP contribution in [-0.2, 0) is 16.1 Å². The van der Waals surface area contributed by atoms with Crippen LogP contribution in [0.1, 0.15) is 34.0 Å². The molecular formula is C25H26F3N3O5. The summed E-state index contributed by atoms with van der Waals surface area (Å²) in [6.07, 6.45) is -3.43. The number of nitrogens with zero attached hydrogens (tertiary/aromatic N) is 1. The fourth-order valence-electron chi connectivity index (χ4n) is 3.49. The van der Waals surface area contributed by atoms with Gasteiger partial charge in [0.1, 0.15) is 11.9 Å². The maximum absolute atomic E-state index is 14.6. The van der Waals surface area contributed by atoms with Crippen molar-refractivity contribution in [3.8, 4) is 11.8 Å². The zero-order chi connectivity index (χ0) is 26.3. The highest BCUT2D eigenvalue weighted by Crippen LogP contribution is 2.21. The Morgan fingerprint density at radius 1 is 1.14 bits per heavy atom. The zero-order valence-corrected chi connectivity index (χ0v) is 19.4. The third kappa shape index (κ3) is 6.83. The molecule has 4 N–H and O–H groups in total. The molecule has 2 aromatic rings. The van der Waals surface area contributed by atoms with Crippen LogP contribution in [0.2, 0.25) is 0 Å². The first-order chi connectivity index (χ1) is 17.1. The lowest BCUT2D eigenvalue weighted by Gasteiger charge is -2.30. The normalized spacial score (nSPS) is 16.4. The summed E-state index contributed by atoms with van der Waals surface area (Å²) in [5, 5.41) is 20.5. The third-order valence-corrected chi connectivity index (χ3v) is 5.71. The Bertz CT molecular complexity index is 1140. The first-order valence-electron chi connectivity index (χ1n) is 11.1. The first kappa shape index (κ1) is 27.2. The molecule has 1 aliphatic rings. The van der Waals surface area contributed by atoms with Gasteiger partial charge in [0, 0.05) is 30.8 Å². The molecule has 36 heavy (non-hydrogen) atoms. The summed E-state index contributed by atoms with van der Waals surface area (Å²) >= 11 is 0. The Hall–Kier alpha value is -3.43. The van der Waals surface area contributed by atoms with Gasteiger partial charge in [0.2, 0.25) is 0 Å². The molecular weight excluding hydrogens is 479 g/mol. The molecule has 2 aromatic carbocycles. The molecule has 3 rings (SSSR count). The van der Waals surface area contributed by atoms with Crippen molar-refractivity contribution in [2.45, 2.75) is 31.5 Å². The quantitative estimate of drug-likeness (QED) is 0.259. The summed E-state index contributed by atoms with van der Waals surface area (Å²) in [6.45, 7) is 4.58. The minimum Gasteiger partial charge on any atom is -0.381 e. The van der Waals surface area contributed by atoms with Gasteiger partial charge in [-0.3, -0.25) is 19.7 Å². The average Bonchev–Trinajstić information content (AvgIpc) is 2.87. The van der Waals surface area contributed by atoms with Gasteiger partial charge in [0.15, 0.2) is 5.60 Å². The molecule has 1 aliphatic heterocycles. The molecule has 2 atom stereocenters. The number of alkyl halides is 2. The van der Waals surface area contributed by atoms with Crippen LogP contribution in [0.4, 0.5) is 13.2 Å². The highest BCUT2D eigenvalue weighted by molar-refractivity contribution is 5.98. The Balaban J connectivity index is 1.68. The van der Waals surface area contributed by atoms with Gasteiger partial charge in [0.25, 0.3) is 18.2 Å². The van der Waals surface area contributed by atoms with Crippen molar-refractivity contribution in [1.29, 1.82) is 0 Å². The van der Waals surface area contributed by atoms with Crippen LogP contribution in [0.25, 0.3) is 0 Å². The largest absolute Gasteiger partial charge is 0.381 e. The number of ether oxygens (including phenoxy) is 1. The van der Waals surface area contributed by atoms with Gasteiger partial charge >= 0.3 is 0 Å². The second kappa shape index (κ2) is 12.0. The predicted molar refractivity (Wildman–Crippen MR) is 123 cm³/mol. The summed E-state index contributed by atoms with van der Waals surface area (Å²) in [5.74, 6) is 2.11. The van der Waals surface area contributed by atoms with Gasteiger partial charge in [-0.05, 0) is 42.8 Å². The molecule has 192 valence electrons. The number of rotatable bonds is 7. The van der Waals surface area contributed by atoms with Crippen molar-refractivity contribution in [2.75, 3.05) is 26.3 Å². The van der Waals surface area contributed by atoms with Gasteiger partial charge in [0.05, 0.1) is 18.8 Å². The fourth-order valence-corrected chi connectivity index (χ4v) is 3.49. The first-order valence-corrected chi connectivity index (χ1v) is 11.1. The smallest absolute Gasteiger partial charge is 0.269 e. The monoisotopic (exact) mass is 505 g/mol. The van der Waals surface area contributed by atoms with E-state index in [4.69, 9.17) is 9.94 Å². The molecule has 0 radical (unpaired) electrons. The summed E-state index contributed by atoms with van der Waals surface area (Å²) in [5.41, 5.74) is -0.414. The van der Waals surface area contributed by atoms with Crippen molar-refractivity contribution >= 4 is 11.8 Å². The van der Waals surface area contributed by atoms with E-state index in [1.165, 1.54) is 12.1 Å². The van der Waals surface area contributed by atoms with Gasteiger partial charge in [-0.1, -0.05) is 24.0 Å². The van der Waals surface area contributed by atoms with Crippen LogP contribution in [0.15, 0.2) is 42.5 Å². The van der Waals surface area contributed by atoms with E-state index in [1.807, 2.05) is 29.6 Å². The van der Waals surface area contributed by atoms with Crippen LogP contribution >= 0.6 is 0 Å². The Labute approximate surface area is 206 Å². The van der Waals surface area contributed by atoms with Gasteiger partial charge in [-0.2, -0.15) is 0 Å². The molecule has 1 saturated heterocycles. The van der Waals surface area contributed by atoms with Crippen molar-refractivity contribution in [1.82, 2.24) is 15.7 Å². The lowest BCUT2D eigenvalue weighted by atomic mass is 9.95. The maximum atomic E-state index is 14.6. The minimum absolute atomic E-state index is 0.00632. The Kier molecular flexibility index (Phi) is 9.06. The van der Waals surface area contributed by atoms with E-state index in [0.29, 0.717) is 25.7 Å². The second-order valence-corrected chi connectivity index (χ2v) is 8.44. The van der Waals surface area contributed by atoms with E-state index in [2.05, 4.69) is 16.7 Å². The SMILES string of the molecule is CC(O)(C(F)F)[C@H](NC(=O)c1ccc(C#Cc2ccc(CN3CCOCC3)cc2)c(F)c1)C(=O)NO. The molecule has 0 spiro atoms. The number of hydrogen-bond donors (Lipinski definition) is 4. The number of carbonyl (C=O) groups is 2.